The van der Waals surface area contributed by atoms with Gasteiger partial charge in [-0.1, -0.05) is 42.5 Å². The standard InChI is InChI=1S/C14H11FO/c15-13-8-4-3-5-11(13)9-10-14(16)12-6-1-2-7-12/h1-10,12H/b10-9+. The molecular formula is C14H11FO. The summed E-state index contributed by atoms with van der Waals surface area (Å²) in [5.41, 5.74) is 0.432. The smallest absolute Gasteiger partial charge is 0.166 e. The Labute approximate surface area is 93.6 Å². The van der Waals surface area contributed by atoms with Gasteiger partial charge in [0.05, 0.1) is 5.92 Å². The van der Waals surface area contributed by atoms with Gasteiger partial charge < -0.3 is 0 Å². The molecule has 80 valence electrons. The van der Waals surface area contributed by atoms with Crippen molar-refractivity contribution in [1.29, 1.82) is 0 Å². The van der Waals surface area contributed by atoms with E-state index in [4.69, 9.17) is 0 Å². The average Bonchev–Trinajstić information content (AvgIpc) is 2.81. The summed E-state index contributed by atoms with van der Waals surface area (Å²) < 4.78 is 13.2. The van der Waals surface area contributed by atoms with E-state index in [2.05, 4.69) is 0 Å². The zero-order valence-electron chi connectivity index (χ0n) is 8.64. The number of hydrogen-bond acceptors (Lipinski definition) is 1. The number of hydrogen-bond donors (Lipinski definition) is 0. The quantitative estimate of drug-likeness (QED) is 0.706. The van der Waals surface area contributed by atoms with Gasteiger partial charge in [0.25, 0.3) is 0 Å². The summed E-state index contributed by atoms with van der Waals surface area (Å²) in [5.74, 6) is -0.541. The van der Waals surface area contributed by atoms with Crippen LogP contribution in [0.3, 0.4) is 0 Å². The van der Waals surface area contributed by atoms with Crippen LogP contribution in [0.15, 0.2) is 54.6 Å². The SMILES string of the molecule is O=C(/C=C/c1ccccc1F)C1C=CC=C1. The van der Waals surface area contributed by atoms with Gasteiger partial charge in [-0.2, -0.15) is 0 Å². The lowest BCUT2D eigenvalue weighted by atomic mass is 10.1. The molecule has 0 fully saturated rings. The highest BCUT2D eigenvalue weighted by Gasteiger charge is 2.10. The molecule has 0 heterocycles. The number of carbonyl (C=O) groups excluding carboxylic acids is 1. The lowest BCUT2D eigenvalue weighted by Gasteiger charge is -1.99. The van der Waals surface area contributed by atoms with Crippen LogP contribution in [0.4, 0.5) is 4.39 Å². The van der Waals surface area contributed by atoms with Gasteiger partial charge in [0.2, 0.25) is 0 Å². The summed E-state index contributed by atoms with van der Waals surface area (Å²) >= 11 is 0. The second kappa shape index (κ2) is 4.71. The van der Waals surface area contributed by atoms with Crippen molar-refractivity contribution in [2.24, 2.45) is 5.92 Å². The highest BCUT2D eigenvalue weighted by atomic mass is 19.1. The Bertz CT molecular complexity index is 471. The molecule has 0 saturated heterocycles. The molecule has 1 nitrogen and oxygen atoms in total. The van der Waals surface area contributed by atoms with Crippen LogP contribution in [0.25, 0.3) is 6.08 Å². The van der Waals surface area contributed by atoms with Gasteiger partial charge >= 0.3 is 0 Å². The summed E-state index contributed by atoms with van der Waals surface area (Å²) in [6, 6.07) is 6.37. The van der Waals surface area contributed by atoms with E-state index in [1.165, 1.54) is 18.2 Å². The summed E-state index contributed by atoms with van der Waals surface area (Å²) in [6.07, 6.45) is 10.2. The minimum atomic E-state index is -0.316. The maximum Gasteiger partial charge on any atom is 0.166 e. The van der Waals surface area contributed by atoms with E-state index in [0.29, 0.717) is 5.56 Å². The molecule has 1 aliphatic rings. The molecule has 1 aromatic carbocycles. The van der Waals surface area contributed by atoms with Crippen molar-refractivity contribution < 1.29 is 9.18 Å². The Hall–Kier alpha value is -1.96. The fourth-order valence-electron chi connectivity index (χ4n) is 1.51. The molecule has 0 radical (unpaired) electrons. The first kappa shape index (κ1) is 10.6. The van der Waals surface area contributed by atoms with Crippen molar-refractivity contribution >= 4 is 11.9 Å². The molecule has 2 heteroatoms. The van der Waals surface area contributed by atoms with E-state index in [1.54, 1.807) is 18.2 Å². The lowest BCUT2D eigenvalue weighted by molar-refractivity contribution is -0.115. The predicted octanol–water partition coefficient (Wildman–Crippen LogP) is 3.15. The minimum Gasteiger partial charge on any atom is -0.294 e. The summed E-state index contributed by atoms with van der Waals surface area (Å²) in [5, 5.41) is 0. The van der Waals surface area contributed by atoms with Crippen molar-refractivity contribution in [2.75, 3.05) is 0 Å². The van der Waals surface area contributed by atoms with Crippen LogP contribution in [0.2, 0.25) is 0 Å². The van der Waals surface area contributed by atoms with Gasteiger partial charge in [-0.05, 0) is 18.2 Å². The minimum absolute atomic E-state index is 0.0340. The summed E-state index contributed by atoms with van der Waals surface area (Å²) in [4.78, 5) is 11.6. The summed E-state index contributed by atoms with van der Waals surface area (Å²) in [6.45, 7) is 0. The highest BCUT2D eigenvalue weighted by Crippen LogP contribution is 2.13. The van der Waals surface area contributed by atoms with E-state index >= 15 is 0 Å². The zero-order valence-corrected chi connectivity index (χ0v) is 8.64. The van der Waals surface area contributed by atoms with E-state index in [0.717, 1.165) is 0 Å². The molecule has 1 aliphatic carbocycles. The molecule has 0 N–H and O–H groups in total. The Morgan fingerprint density at radius 1 is 1.19 bits per heavy atom. The molecule has 0 saturated carbocycles. The average molecular weight is 214 g/mol. The molecular weight excluding hydrogens is 203 g/mol. The lowest BCUT2D eigenvalue weighted by Crippen LogP contribution is -2.03. The molecule has 0 spiro atoms. The molecule has 2 rings (SSSR count). The fraction of sp³-hybridized carbons (Fsp3) is 0.0714. The van der Waals surface area contributed by atoms with Crippen LogP contribution in [0.5, 0.6) is 0 Å². The van der Waals surface area contributed by atoms with Gasteiger partial charge in [0, 0.05) is 5.56 Å². The third-order valence-electron chi connectivity index (χ3n) is 2.41. The van der Waals surface area contributed by atoms with E-state index in [1.807, 2.05) is 24.3 Å². The third kappa shape index (κ3) is 2.34. The van der Waals surface area contributed by atoms with Crippen molar-refractivity contribution in [3.63, 3.8) is 0 Å². The molecule has 0 atom stereocenters. The Kier molecular flexibility index (Phi) is 3.10. The summed E-state index contributed by atoms with van der Waals surface area (Å²) in [7, 11) is 0. The third-order valence-corrected chi connectivity index (χ3v) is 2.41. The fourth-order valence-corrected chi connectivity index (χ4v) is 1.51. The largest absolute Gasteiger partial charge is 0.294 e. The van der Waals surface area contributed by atoms with Gasteiger partial charge in [0.15, 0.2) is 5.78 Å². The number of allylic oxidation sites excluding steroid dienone is 5. The van der Waals surface area contributed by atoms with Crippen LogP contribution in [-0.2, 0) is 4.79 Å². The molecule has 0 aliphatic heterocycles. The molecule has 0 aromatic heterocycles. The Morgan fingerprint density at radius 3 is 2.56 bits per heavy atom. The first-order valence-electron chi connectivity index (χ1n) is 5.09. The highest BCUT2D eigenvalue weighted by molar-refractivity contribution is 5.98. The maximum absolute atomic E-state index is 13.2. The number of halogens is 1. The van der Waals surface area contributed by atoms with Gasteiger partial charge in [-0.3, -0.25) is 4.79 Å². The molecule has 0 amide bonds. The molecule has 16 heavy (non-hydrogen) atoms. The van der Waals surface area contributed by atoms with Crippen molar-refractivity contribution in [3.8, 4) is 0 Å². The maximum atomic E-state index is 13.2. The van der Waals surface area contributed by atoms with Crippen molar-refractivity contribution in [2.45, 2.75) is 0 Å². The van der Waals surface area contributed by atoms with Crippen molar-refractivity contribution in [1.82, 2.24) is 0 Å². The number of ketones is 1. The second-order valence-corrected chi connectivity index (χ2v) is 3.55. The first-order valence-corrected chi connectivity index (χ1v) is 5.09. The van der Waals surface area contributed by atoms with Crippen LogP contribution in [-0.4, -0.2) is 5.78 Å². The molecule has 1 aromatic rings. The normalized spacial score (nSPS) is 15.1. The first-order chi connectivity index (χ1) is 7.77. The monoisotopic (exact) mass is 214 g/mol. The van der Waals surface area contributed by atoms with E-state index < -0.39 is 0 Å². The van der Waals surface area contributed by atoms with E-state index in [-0.39, 0.29) is 17.5 Å². The van der Waals surface area contributed by atoms with E-state index in [9.17, 15) is 9.18 Å². The van der Waals surface area contributed by atoms with Crippen LogP contribution in [0, 0.1) is 11.7 Å². The topological polar surface area (TPSA) is 17.1 Å². The molecule has 0 bridgehead atoms. The second-order valence-electron chi connectivity index (χ2n) is 3.55. The zero-order chi connectivity index (χ0) is 11.4. The van der Waals surface area contributed by atoms with Crippen molar-refractivity contribution in [3.05, 3.63) is 66.0 Å². The van der Waals surface area contributed by atoms with Crippen LogP contribution in [0.1, 0.15) is 5.56 Å². The van der Waals surface area contributed by atoms with Gasteiger partial charge in [-0.25, -0.2) is 4.39 Å². The number of carbonyl (C=O) groups is 1. The number of rotatable bonds is 3. The van der Waals surface area contributed by atoms with Crippen LogP contribution >= 0.6 is 0 Å². The Morgan fingerprint density at radius 2 is 1.88 bits per heavy atom. The predicted molar refractivity (Wildman–Crippen MR) is 62.2 cm³/mol. The van der Waals surface area contributed by atoms with Gasteiger partial charge in [-0.15, -0.1) is 0 Å². The van der Waals surface area contributed by atoms with Crippen LogP contribution < -0.4 is 0 Å². The number of benzene rings is 1. The molecule has 0 unspecified atom stereocenters. The Balaban J connectivity index is 2.10. The van der Waals surface area contributed by atoms with Gasteiger partial charge in [0.1, 0.15) is 5.82 Å².